The van der Waals surface area contributed by atoms with Gasteiger partial charge in [0.1, 0.15) is 17.2 Å². The Balaban J connectivity index is 1.67. The molecule has 0 atom stereocenters. The van der Waals surface area contributed by atoms with Crippen LogP contribution in [0.5, 0.6) is 11.5 Å². The Kier molecular flexibility index (Phi) is 6.63. The van der Waals surface area contributed by atoms with Crippen LogP contribution in [-0.4, -0.2) is 35.0 Å². The zero-order chi connectivity index (χ0) is 20.6. The van der Waals surface area contributed by atoms with Gasteiger partial charge < -0.3 is 9.47 Å². The molecule has 29 heavy (non-hydrogen) atoms. The Bertz CT molecular complexity index is 993. The van der Waals surface area contributed by atoms with E-state index in [2.05, 4.69) is 20.7 Å². The molecule has 7 heteroatoms. The van der Waals surface area contributed by atoms with Crippen molar-refractivity contribution >= 4 is 11.6 Å². The second-order valence-electron chi connectivity index (χ2n) is 6.22. The molecule has 0 unspecified atom stereocenters. The number of aromatic nitrogens is 2. The maximum atomic E-state index is 12.4. The van der Waals surface area contributed by atoms with Crippen molar-refractivity contribution in [3.8, 4) is 22.8 Å². The van der Waals surface area contributed by atoms with Crippen LogP contribution in [0.3, 0.4) is 0 Å². The maximum absolute atomic E-state index is 12.4. The van der Waals surface area contributed by atoms with E-state index in [0.717, 1.165) is 22.6 Å². The van der Waals surface area contributed by atoms with Crippen molar-refractivity contribution in [2.24, 2.45) is 5.10 Å². The molecule has 0 aliphatic rings. The smallest absolute Gasteiger partial charge is 0.289 e. The first-order valence-corrected chi connectivity index (χ1v) is 9.47. The molecule has 3 aromatic rings. The monoisotopic (exact) mass is 392 g/mol. The summed E-state index contributed by atoms with van der Waals surface area (Å²) < 4.78 is 10.9. The average molecular weight is 392 g/mol. The molecule has 0 spiro atoms. The minimum atomic E-state index is -0.366. The van der Waals surface area contributed by atoms with E-state index < -0.39 is 0 Å². The molecular weight excluding hydrogens is 368 g/mol. The van der Waals surface area contributed by atoms with E-state index in [0.29, 0.717) is 30.3 Å². The summed E-state index contributed by atoms with van der Waals surface area (Å²) in [6.07, 6.45) is 0. The lowest BCUT2D eigenvalue weighted by Crippen LogP contribution is -2.19. The number of hydrogen-bond acceptors (Lipinski definition) is 5. The highest BCUT2D eigenvalue weighted by molar-refractivity contribution is 6.00. The second-order valence-corrected chi connectivity index (χ2v) is 6.22. The number of ether oxygens (including phenoxy) is 2. The summed E-state index contributed by atoms with van der Waals surface area (Å²) in [5, 5.41) is 11.1. The van der Waals surface area contributed by atoms with Gasteiger partial charge in [-0.3, -0.25) is 9.89 Å². The number of nitrogens with one attached hydrogen (secondary N) is 2. The minimum absolute atomic E-state index is 0.324. The molecule has 1 heterocycles. The van der Waals surface area contributed by atoms with Gasteiger partial charge in [-0.25, -0.2) is 5.43 Å². The number of rotatable bonds is 8. The van der Waals surface area contributed by atoms with Gasteiger partial charge in [-0.15, -0.1) is 0 Å². The van der Waals surface area contributed by atoms with Crippen molar-refractivity contribution in [3.63, 3.8) is 0 Å². The quantitative estimate of drug-likeness (QED) is 0.447. The Morgan fingerprint density at radius 1 is 1.03 bits per heavy atom. The lowest BCUT2D eigenvalue weighted by atomic mass is 10.1. The van der Waals surface area contributed by atoms with E-state index >= 15 is 0 Å². The van der Waals surface area contributed by atoms with Gasteiger partial charge in [-0.2, -0.15) is 10.2 Å². The zero-order valence-electron chi connectivity index (χ0n) is 16.7. The molecule has 7 nitrogen and oxygen atoms in total. The van der Waals surface area contributed by atoms with Crippen LogP contribution >= 0.6 is 0 Å². The predicted octanol–water partition coefficient (Wildman–Crippen LogP) is 4.03. The molecule has 2 N–H and O–H groups in total. The predicted molar refractivity (Wildman–Crippen MR) is 112 cm³/mol. The van der Waals surface area contributed by atoms with Gasteiger partial charge in [-0.05, 0) is 68.8 Å². The van der Waals surface area contributed by atoms with Crippen molar-refractivity contribution in [1.82, 2.24) is 15.6 Å². The van der Waals surface area contributed by atoms with Gasteiger partial charge in [0.05, 0.1) is 24.6 Å². The molecule has 0 aliphatic carbocycles. The fourth-order valence-corrected chi connectivity index (χ4v) is 2.72. The number of carbonyl (C=O) groups excluding carboxylic acids is 1. The normalized spacial score (nSPS) is 11.2. The van der Waals surface area contributed by atoms with Gasteiger partial charge in [0, 0.05) is 5.56 Å². The third-order valence-electron chi connectivity index (χ3n) is 4.17. The number of hydrazone groups is 1. The number of hydrogen-bond donors (Lipinski definition) is 2. The zero-order valence-corrected chi connectivity index (χ0v) is 16.7. The SMILES string of the molecule is CCOc1ccc(/C(C)=N/NC(=O)c2cc(-c3cccc(OCC)c3)n[nH]2)cc1. The maximum Gasteiger partial charge on any atom is 0.289 e. The summed E-state index contributed by atoms with van der Waals surface area (Å²) in [6.45, 7) is 6.90. The molecule has 0 saturated heterocycles. The highest BCUT2D eigenvalue weighted by Gasteiger charge is 2.11. The van der Waals surface area contributed by atoms with Crippen molar-refractivity contribution in [1.29, 1.82) is 0 Å². The van der Waals surface area contributed by atoms with Crippen LogP contribution in [0.4, 0.5) is 0 Å². The molecule has 150 valence electrons. The van der Waals surface area contributed by atoms with E-state index in [9.17, 15) is 4.79 Å². The molecule has 0 bridgehead atoms. The van der Waals surface area contributed by atoms with Gasteiger partial charge in [-0.1, -0.05) is 12.1 Å². The molecule has 1 aromatic heterocycles. The number of H-pyrrole nitrogens is 1. The van der Waals surface area contributed by atoms with Gasteiger partial charge in [0.25, 0.3) is 5.91 Å². The molecule has 3 rings (SSSR count). The first-order chi connectivity index (χ1) is 14.1. The van der Waals surface area contributed by atoms with Crippen LogP contribution in [0.25, 0.3) is 11.3 Å². The van der Waals surface area contributed by atoms with Gasteiger partial charge in [0.15, 0.2) is 0 Å². The standard InChI is InChI=1S/C22H24N4O3/c1-4-28-18-11-9-16(10-12-18)15(3)23-26-22(27)21-14-20(24-25-21)17-7-6-8-19(13-17)29-5-2/h6-14H,4-5H2,1-3H3,(H,24,25)(H,26,27)/b23-15+. The van der Waals surface area contributed by atoms with Crippen molar-refractivity contribution < 1.29 is 14.3 Å². The minimum Gasteiger partial charge on any atom is -0.494 e. The van der Waals surface area contributed by atoms with E-state index in [1.165, 1.54) is 0 Å². The summed E-state index contributed by atoms with van der Waals surface area (Å²) in [4.78, 5) is 12.4. The average Bonchev–Trinajstić information content (AvgIpc) is 3.23. The Morgan fingerprint density at radius 2 is 1.76 bits per heavy atom. The van der Waals surface area contributed by atoms with Gasteiger partial charge >= 0.3 is 0 Å². The fourth-order valence-electron chi connectivity index (χ4n) is 2.72. The summed E-state index contributed by atoms with van der Waals surface area (Å²) in [7, 11) is 0. The van der Waals surface area contributed by atoms with E-state index in [-0.39, 0.29) is 5.91 Å². The fraction of sp³-hybridized carbons (Fsp3) is 0.227. The highest BCUT2D eigenvalue weighted by Crippen LogP contribution is 2.22. The number of aromatic amines is 1. The number of carbonyl (C=O) groups is 1. The largest absolute Gasteiger partial charge is 0.494 e. The van der Waals surface area contributed by atoms with Crippen molar-refractivity contribution in [3.05, 3.63) is 65.9 Å². The molecule has 2 aromatic carbocycles. The van der Waals surface area contributed by atoms with Crippen LogP contribution in [0.15, 0.2) is 59.7 Å². The summed E-state index contributed by atoms with van der Waals surface area (Å²) in [5.41, 5.74) is 5.98. The van der Waals surface area contributed by atoms with Crippen molar-refractivity contribution in [2.75, 3.05) is 13.2 Å². The van der Waals surface area contributed by atoms with Crippen molar-refractivity contribution in [2.45, 2.75) is 20.8 Å². The Hall–Kier alpha value is -3.61. The first-order valence-electron chi connectivity index (χ1n) is 9.47. The molecule has 0 fully saturated rings. The summed E-state index contributed by atoms with van der Waals surface area (Å²) in [5.74, 6) is 1.19. The van der Waals surface area contributed by atoms with Crippen LogP contribution in [0.1, 0.15) is 36.8 Å². The number of nitrogens with zero attached hydrogens (tertiary/aromatic N) is 2. The molecule has 1 amide bonds. The van der Waals surface area contributed by atoms with Crippen LogP contribution < -0.4 is 14.9 Å². The Morgan fingerprint density at radius 3 is 2.48 bits per heavy atom. The molecule has 0 radical (unpaired) electrons. The lowest BCUT2D eigenvalue weighted by Gasteiger charge is -2.05. The van der Waals surface area contributed by atoms with E-state index in [4.69, 9.17) is 9.47 Å². The first kappa shape index (κ1) is 20.1. The third kappa shape index (κ3) is 5.22. The van der Waals surface area contributed by atoms with Crippen LogP contribution in [0, 0.1) is 0 Å². The topological polar surface area (TPSA) is 88.6 Å². The van der Waals surface area contributed by atoms with Gasteiger partial charge in [0.2, 0.25) is 0 Å². The molecule has 0 saturated carbocycles. The van der Waals surface area contributed by atoms with E-state index in [1.54, 1.807) is 6.07 Å². The van der Waals surface area contributed by atoms with Crippen LogP contribution in [0.2, 0.25) is 0 Å². The molecular formula is C22H24N4O3. The Labute approximate surface area is 169 Å². The summed E-state index contributed by atoms with van der Waals surface area (Å²) >= 11 is 0. The lowest BCUT2D eigenvalue weighted by molar-refractivity contribution is 0.0950. The van der Waals surface area contributed by atoms with Crippen LogP contribution in [-0.2, 0) is 0 Å². The summed E-state index contributed by atoms with van der Waals surface area (Å²) in [6, 6.07) is 16.8. The number of benzene rings is 2. The second kappa shape index (κ2) is 9.54. The highest BCUT2D eigenvalue weighted by atomic mass is 16.5. The van der Waals surface area contributed by atoms with E-state index in [1.807, 2.05) is 69.3 Å². The third-order valence-corrected chi connectivity index (χ3v) is 4.17. The molecule has 0 aliphatic heterocycles. The number of amides is 1.